The van der Waals surface area contributed by atoms with Gasteiger partial charge in [-0.3, -0.25) is 9.69 Å². The number of likely N-dealkylation sites (tertiary alicyclic amines) is 1. The van der Waals surface area contributed by atoms with Crippen LogP contribution < -0.4 is 10.6 Å². The molecule has 2 N–H and O–H groups in total. The second-order valence-corrected chi connectivity index (χ2v) is 14.1. The summed E-state index contributed by atoms with van der Waals surface area (Å²) in [5.74, 6) is -0.311. The first kappa shape index (κ1) is 34.9. The van der Waals surface area contributed by atoms with E-state index in [4.69, 9.17) is 85.9 Å². The fraction of sp³-hybridized carbons (Fsp3) is 0.423. The van der Waals surface area contributed by atoms with Crippen molar-refractivity contribution in [3.05, 3.63) is 70.7 Å². The SMILES string of the molecule is O=C(NC1CCN(Cc2ccccc2)CC1)N[C@@H]1CC(=O)O[C@H]1c1ccc(Cl)cc1.O=C(OC(Cl)(Cl)Cl)OC(Cl)(Cl)Cl. The highest BCUT2D eigenvalue weighted by atomic mass is 35.6. The van der Waals surface area contributed by atoms with Crippen molar-refractivity contribution in [1.82, 2.24) is 15.5 Å². The maximum absolute atomic E-state index is 12.6. The zero-order valence-electron chi connectivity index (χ0n) is 21.7. The van der Waals surface area contributed by atoms with E-state index >= 15 is 0 Å². The summed E-state index contributed by atoms with van der Waals surface area (Å²) in [5.41, 5.74) is 2.13. The van der Waals surface area contributed by atoms with E-state index in [1.54, 1.807) is 12.1 Å². The normalized spacial score (nSPS) is 19.6. The van der Waals surface area contributed by atoms with Gasteiger partial charge in [-0.1, -0.05) is 54.1 Å². The molecule has 0 spiro atoms. The highest BCUT2D eigenvalue weighted by Gasteiger charge is 2.37. The Bertz CT molecular complexity index is 1170. The Balaban J connectivity index is 0.000000343. The molecule has 2 fully saturated rings. The van der Waals surface area contributed by atoms with Crippen LogP contribution in [0, 0.1) is 0 Å². The minimum Gasteiger partial charge on any atom is -0.455 e. The molecule has 9 nitrogen and oxygen atoms in total. The Morgan fingerprint density at radius 2 is 1.45 bits per heavy atom. The van der Waals surface area contributed by atoms with E-state index in [0.717, 1.165) is 38.0 Å². The summed E-state index contributed by atoms with van der Waals surface area (Å²) in [5, 5.41) is 6.60. The second kappa shape index (κ2) is 16.0. The number of nitrogens with one attached hydrogen (secondary N) is 2. The number of rotatable bonds is 5. The van der Waals surface area contributed by atoms with E-state index in [1.807, 2.05) is 18.2 Å². The van der Waals surface area contributed by atoms with Crippen LogP contribution in [0.5, 0.6) is 0 Å². The first-order chi connectivity index (χ1) is 19.7. The summed E-state index contributed by atoms with van der Waals surface area (Å²) < 4.78 is 8.94. The van der Waals surface area contributed by atoms with Gasteiger partial charge in [0.1, 0.15) is 6.10 Å². The molecule has 0 bridgehead atoms. The molecular formula is C26H26Cl7N3O6. The number of carbonyl (C=O) groups excluding carboxylic acids is 3. The Morgan fingerprint density at radius 1 is 0.881 bits per heavy atom. The van der Waals surface area contributed by atoms with Crippen LogP contribution in [0.1, 0.15) is 36.5 Å². The van der Waals surface area contributed by atoms with Gasteiger partial charge in [0, 0.05) is 30.7 Å². The molecule has 2 aromatic carbocycles. The van der Waals surface area contributed by atoms with Crippen molar-refractivity contribution in [3.63, 3.8) is 0 Å². The number of carbonyl (C=O) groups is 3. The van der Waals surface area contributed by atoms with E-state index in [-0.39, 0.29) is 24.5 Å². The number of alkyl halides is 6. The molecule has 0 radical (unpaired) electrons. The van der Waals surface area contributed by atoms with E-state index in [1.165, 1.54) is 5.56 Å². The molecule has 0 aliphatic carbocycles. The summed E-state index contributed by atoms with van der Waals surface area (Å²) in [6, 6.07) is 17.1. The van der Waals surface area contributed by atoms with E-state index in [2.05, 4.69) is 49.3 Å². The lowest BCUT2D eigenvalue weighted by Crippen LogP contribution is -2.50. The Kier molecular flexibility index (Phi) is 13.3. The molecule has 2 aliphatic rings. The number of ether oxygens (including phenoxy) is 3. The van der Waals surface area contributed by atoms with Gasteiger partial charge in [-0.15, -0.1) is 0 Å². The molecule has 2 aliphatic heterocycles. The van der Waals surface area contributed by atoms with E-state index in [9.17, 15) is 14.4 Å². The van der Waals surface area contributed by atoms with Crippen molar-refractivity contribution in [1.29, 1.82) is 0 Å². The van der Waals surface area contributed by atoms with Crippen LogP contribution in [0.25, 0.3) is 0 Å². The van der Waals surface area contributed by atoms with Gasteiger partial charge in [-0.25, -0.2) is 9.59 Å². The van der Waals surface area contributed by atoms with E-state index in [0.29, 0.717) is 5.02 Å². The van der Waals surface area contributed by atoms with Gasteiger partial charge in [0.05, 0.1) is 12.5 Å². The second-order valence-electron chi connectivity index (χ2n) is 9.27. The molecule has 2 heterocycles. The minimum absolute atomic E-state index is 0.129. The maximum atomic E-state index is 12.6. The van der Waals surface area contributed by atoms with Crippen LogP contribution in [0.3, 0.4) is 0 Å². The molecule has 0 saturated carbocycles. The molecule has 0 unspecified atom stereocenters. The Hall–Kier alpha value is -1.56. The Morgan fingerprint density at radius 3 is 2.00 bits per heavy atom. The molecule has 16 heteroatoms. The molecule has 4 rings (SSSR count). The van der Waals surface area contributed by atoms with Crippen LogP contribution in [-0.4, -0.2) is 56.2 Å². The lowest BCUT2D eigenvalue weighted by Gasteiger charge is -2.32. The quantitative estimate of drug-likeness (QED) is 0.244. The number of hydrogen-bond acceptors (Lipinski definition) is 7. The average Bonchev–Trinajstić information content (AvgIpc) is 3.24. The zero-order chi connectivity index (χ0) is 30.9. The number of nitrogens with zero attached hydrogens (tertiary/aromatic N) is 1. The van der Waals surface area contributed by atoms with Gasteiger partial charge in [-0.05, 0) is 106 Å². The molecule has 0 aromatic heterocycles. The summed E-state index contributed by atoms with van der Waals surface area (Å²) >= 11 is 36.2. The monoisotopic (exact) mass is 721 g/mol. The lowest BCUT2D eigenvalue weighted by atomic mass is 10.0. The molecule has 2 atom stereocenters. The van der Waals surface area contributed by atoms with Crippen LogP contribution >= 0.6 is 81.2 Å². The summed E-state index contributed by atoms with van der Waals surface area (Å²) in [6.07, 6.45) is 0.0706. The number of piperidine rings is 1. The third-order valence-electron chi connectivity index (χ3n) is 6.10. The third-order valence-corrected chi connectivity index (χ3v) is 6.81. The lowest BCUT2D eigenvalue weighted by molar-refractivity contribution is -0.141. The highest BCUT2D eigenvalue weighted by molar-refractivity contribution is 6.67. The fourth-order valence-corrected chi connectivity index (χ4v) is 4.82. The van der Waals surface area contributed by atoms with Gasteiger partial charge in [-0.2, -0.15) is 0 Å². The summed E-state index contributed by atoms with van der Waals surface area (Å²) in [6.45, 7) is 2.82. The van der Waals surface area contributed by atoms with Gasteiger partial charge in [0.2, 0.25) is 0 Å². The fourth-order valence-electron chi connectivity index (χ4n) is 4.32. The molecule has 2 amide bonds. The van der Waals surface area contributed by atoms with Crippen molar-refractivity contribution < 1.29 is 28.6 Å². The first-order valence-corrected chi connectivity index (χ1v) is 15.1. The van der Waals surface area contributed by atoms with Crippen molar-refractivity contribution in [2.75, 3.05) is 13.1 Å². The average molecular weight is 725 g/mol. The van der Waals surface area contributed by atoms with E-state index < -0.39 is 26.3 Å². The number of benzene rings is 2. The molecule has 42 heavy (non-hydrogen) atoms. The zero-order valence-corrected chi connectivity index (χ0v) is 27.0. The number of esters is 1. The van der Waals surface area contributed by atoms with Crippen LogP contribution in [0.2, 0.25) is 5.02 Å². The predicted octanol–water partition coefficient (Wildman–Crippen LogP) is 7.46. The first-order valence-electron chi connectivity index (χ1n) is 12.5. The Labute approximate surface area is 277 Å². The number of cyclic esters (lactones) is 1. The summed E-state index contributed by atoms with van der Waals surface area (Å²) in [4.78, 5) is 37.3. The van der Waals surface area contributed by atoms with Crippen molar-refractivity contribution in [2.45, 2.75) is 52.0 Å². The van der Waals surface area contributed by atoms with Crippen molar-refractivity contribution in [3.8, 4) is 0 Å². The van der Waals surface area contributed by atoms with Gasteiger partial charge in [0.25, 0.3) is 0 Å². The number of urea groups is 1. The van der Waals surface area contributed by atoms with Crippen LogP contribution in [-0.2, 0) is 25.5 Å². The largest absolute Gasteiger partial charge is 0.515 e. The van der Waals surface area contributed by atoms with Gasteiger partial charge in [0.15, 0.2) is 0 Å². The molecule has 2 aromatic rings. The van der Waals surface area contributed by atoms with Crippen molar-refractivity contribution >= 4 is 99.4 Å². The third kappa shape index (κ3) is 13.0. The van der Waals surface area contributed by atoms with Gasteiger partial charge < -0.3 is 24.8 Å². The molecule has 230 valence electrons. The maximum Gasteiger partial charge on any atom is 0.515 e. The number of amides is 2. The number of halogens is 7. The molecular weight excluding hydrogens is 698 g/mol. The smallest absolute Gasteiger partial charge is 0.455 e. The topological polar surface area (TPSA) is 106 Å². The van der Waals surface area contributed by atoms with Crippen molar-refractivity contribution in [2.24, 2.45) is 0 Å². The standard InChI is InChI=1S/C23H26ClN3O3.C3Cl6O3/c24-18-8-6-17(7-9-18)22-20(14-21(28)30-22)26-23(29)25-19-10-12-27(13-11-19)15-16-4-2-1-3-5-16;4-2(5,6)11-1(10)12-3(7,8)9/h1-9,19-20,22H,10-15H2,(H2,25,26,29);/t20-,22+;/m1./s1. The predicted molar refractivity (Wildman–Crippen MR) is 163 cm³/mol. The molecule has 2 saturated heterocycles. The summed E-state index contributed by atoms with van der Waals surface area (Å²) in [7, 11) is 0. The van der Waals surface area contributed by atoms with Crippen LogP contribution in [0.15, 0.2) is 54.6 Å². The highest BCUT2D eigenvalue weighted by Crippen LogP contribution is 2.33. The van der Waals surface area contributed by atoms with Crippen LogP contribution in [0.4, 0.5) is 9.59 Å². The minimum atomic E-state index is -2.24. The van der Waals surface area contributed by atoms with Gasteiger partial charge >= 0.3 is 26.1 Å². The number of hydrogen-bond donors (Lipinski definition) is 2.